The van der Waals surface area contributed by atoms with E-state index in [1.807, 2.05) is 4.90 Å². The van der Waals surface area contributed by atoms with Gasteiger partial charge in [-0.3, -0.25) is 4.79 Å². The van der Waals surface area contributed by atoms with Crippen LogP contribution in [0.1, 0.15) is 46.4 Å². The van der Waals surface area contributed by atoms with Crippen molar-refractivity contribution in [2.45, 2.75) is 25.7 Å². The van der Waals surface area contributed by atoms with Gasteiger partial charge in [0.25, 0.3) is 5.91 Å². The van der Waals surface area contributed by atoms with Crippen LogP contribution in [0.4, 0.5) is 0 Å². The van der Waals surface area contributed by atoms with Gasteiger partial charge in [-0.1, -0.05) is 12.8 Å². The van der Waals surface area contributed by atoms with Crippen LogP contribution < -0.4 is 0 Å². The third kappa shape index (κ3) is 2.42. The van der Waals surface area contributed by atoms with Crippen LogP contribution in [0.25, 0.3) is 0 Å². The molecule has 2 fully saturated rings. The lowest BCUT2D eigenvalue weighted by Gasteiger charge is -2.22. The van der Waals surface area contributed by atoms with E-state index in [0.29, 0.717) is 17.4 Å². The first-order valence-corrected chi connectivity index (χ1v) is 7.28. The maximum atomic E-state index is 12.4. The van der Waals surface area contributed by atoms with E-state index in [9.17, 15) is 9.59 Å². The molecule has 1 amide bonds. The minimum Gasteiger partial charge on any atom is -0.478 e. The summed E-state index contributed by atoms with van der Waals surface area (Å²) < 4.78 is 0. The van der Waals surface area contributed by atoms with E-state index >= 15 is 0 Å². The third-order valence-corrected chi connectivity index (χ3v) is 4.64. The van der Waals surface area contributed by atoms with Gasteiger partial charge in [-0.15, -0.1) is 0 Å². The number of hydrogen-bond acceptors (Lipinski definition) is 2. The first kappa shape index (κ1) is 13.2. The monoisotopic (exact) mass is 273 g/mol. The Balaban J connectivity index is 1.71. The summed E-state index contributed by atoms with van der Waals surface area (Å²) in [5.74, 6) is 0.421. The second kappa shape index (κ2) is 5.27. The number of carboxylic acids is 1. The average Bonchev–Trinajstić information content (AvgIpc) is 2.90. The number of carbonyl (C=O) groups excluding carboxylic acids is 1. The van der Waals surface area contributed by atoms with Crippen molar-refractivity contribution in [3.8, 4) is 0 Å². The van der Waals surface area contributed by atoms with Gasteiger partial charge in [0.1, 0.15) is 0 Å². The molecule has 3 rings (SSSR count). The molecule has 0 spiro atoms. The molecule has 2 atom stereocenters. The molecule has 4 nitrogen and oxygen atoms in total. The molecule has 1 N–H and O–H groups in total. The van der Waals surface area contributed by atoms with E-state index in [1.54, 1.807) is 12.1 Å². The fourth-order valence-electron chi connectivity index (χ4n) is 3.51. The van der Waals surface area contributed by atoms with Crippen LogP contribution in [-0.2, 0) is 0 Å². The number of nitrogens with zero attached hydrogens (tertiary/aromatic N) is 1. The number of rotatable bonds is 2. The van der Waals surface area contributed by atoms with Gasteiger partial charge in [-0.25, -0.2) is 4.79 Å². The van der Waals surface area contributed by atoms with Crippen LogP contribution in [0.2, 0.25) is 0 Å². The zero-order valence-electron chi connectivity index (χ0n) is 11.4. The Kier molecular flexibility index (Phi) is 3.47. The molecule has 0 aromatic heterocycles. The van der Waals surface area contributed by atoms with Gasteiger partial charge in [0, 0.05) is 18.7 Å². The summed E-state index contributed by atoms with van der Waals surface area (Å²) in [5, 5.41) is 8.87. The van der Waals surface area contributed by atoms with Gasteiger partial charge in [0.05, 0.1) is 5.56 Å². The molecular formula is C16H19NO3. The number of amides is 1. The summed E-state index contributed by atoms with van der Waals surface area (Å²) >= 11 is 0. The van der Waals surface area contributed by atoms with Crippen LogP contribution in [0.5, 0.6) is 0 Å². The zero-order valence-corrected chi connectivity index (χ0v) is 11.4. The highest BCUT2D eigenvalue weighted by Gasteiger charge is 2.36. The predicted molar refractivity (Wildman–Crippen MR) is 74.8 cm³/mol. The van der Waals surface area contributed by atoms with Crippen LogP contribution in [-0.4, -0.2) is 35.0 Å². The summed E-state index contributed by atoms with van der Waals surface area (Å²) in [4.78, 5) is 25.2. The summed E-state index contributed by atoms with van der Waals surface area (Å²) in [7, 11) is 0. The van der Waals surface area contributed by atoms with E-state index in [1.165, 1.54) is 37.8 Å². The van der Waals surface area contributed by atoms with E-state index in [-0.39, 0.29) is 11.5 Å². The van der Waals surface area contributed by atoms with Gasteiger partial charge in [-0.2, -0.15) is 0 Å². The van der Waals surface area contributed by atoms with Crippen molar-refractivity contribution >= 4 is 11.9 Å². The van der Waals surface area contributed by atoms with Crippen molar-refractivity contribution in [1.82, 2.24) is 4.90 Å². The fraction of sp³-hybridized carbons (Fsp3) is 0.500. The second-order valence-electron chi connectivity index (χ2n) is 5.90. The molecule has 4 heteroatoms. The number of carbonyl (C=O) groups is 2. The van der Waals surface area contributed by atoms with Gasteiger partial charge >= 0.3 is 5.97 Å². The molecule has 1 aliphatic carbocycles. The van der Waals surface area contributed by atoms with Crippen molar-refractivity contribution in [1.29, 1.82) is 0 Å². The third-order valence-electron chi connectivity index (χ3n) is 4.64. The highest BCUT2D eigenvalue weighted by molar-refractivity contribution is 5.96. The Morgan fingerprint density at radius 1 is 0.950 bits per heavy atom. The largest absolute Gasteiger partial charge is 0.478 e. The van der Waals surface area contributed by atoms with Crippen molar-refractivity contribution in [2.24, 2.45) is 11.8 Å². The molecule has 106 valence electrons. The molecule has 1 heterocycles. The maximum Gasteiger partial charge on any atom is 0.335 e. The molecule has 1 aromatic rings. The predicted octanol–water partition coefficient (Wildman–Crippen LogP) is 2.65. The zero-order chi connectivity index (χ0) is 14.1. The summed E-state index contributed by atoms with van der Waals surface area (Å²) in [6.07, 6.45) is 5.06. The minimum atomic E-state index is -0.962. The minimum absolute atomic E-state index is 0.0383. The van der Waals surface area contributed by atoms with E-state index < -0.39 is 5.97 Å². The van der Waals surface area contributed by atoms with Crippen molar-refractivity contribution < 1.29 is 14.7 Å². The number of hydrogen-bond donors (Lipinski definition) is 1. The molecule has 0 bridgehead atoms. The first-order valence-electron chi connectivity index (χ1n) is 7.28. The molecule has 2 aliphatic rings. The Morgan fingerprint density at radius 3 is 1.95 bits per heavy atom. The Hall–Kier alpha value is -1.84. The lowest BCUT2D eigenvalue weighted by molar-refractivity contribution is 0.0695. The molecule has 1 saturated heterocycles. The molecular weight excluding hydrogens is 254 g/mol. The molecule has 0 unspecified atom stereocenters. The number of likely N-dealkylation sites (tertiary alicyclic amines) is 1. The topological polar surface area (TPSA) is 57.6 Å². The lowest BCUT2D eigenvalue weighted by Crippen LogP contribution is -2.29. The number of fused-ring (bicyclic) bond motifs is 1. The van der Waals surface area contributed by atoms with Crippen LogP contribution >= 0.6 is 0 Å². The molecule has 0 radical (unpaired) electrons. The normalized spacial score (nSPS) is 25.3. The first-order chi connectivity index (χ1) is 9.65. The quantitative estimate of drug-likeness (QED) is 0.901. The van der Waals surface area contributed by atoms with Crippen molar-refractivity contribution in [2.75, 3.05) is 13.1 Å². The van der Waals surface area contributed by atoms with E-state index in [0.717, 1.165) is 13.1 Å². The smallest absolute Gasteiger partial charge is 0.335 e. The van der Waals surface area contributed by atoms with Gasteiger partial charge in [0.2, 0.25) is 0 Å². The van der Waals surface area contributed by atoms with E-state index in [2.05, 4.69) is 0 Å². The van der Waals surface area contributed by atoms with Crippen LogP contribution in [0.15, 0.2) is 24.3 Å². The number of carboxylic acid groups (broad SMARTS) is 1. The second-order valence-corrected chi connectivity index (χ2v) is 5.90. The Morgan fingerprint density at radius 2 is 1.45 bits per heavy atom. The Labute approximate surface area is 118 Å². The SMILES string of the molecule is O=C(O)c1ccc(C(=O)N2C[C@H]3CCCC[C@H]3C2)cc1. The molecule has 20 heavy (non-hydrogen) atoms. The van der Waals surface area contributed by atoms with Gasteiger partial charge in [-0.05, 0) is 48.9 Å². The molecule has 1 aliphatic heterocycles. The maximum absolute atomic E-state index is 12.4. The fourth-order valence-corrected chi connectivity index (χ4v) is 3.51. The lowest BCUT2D eigenvalue weighted by atomic mass is 9.82. The summed E-state index contributed by atoms with van der Waals surface area (Å²) in [5.41, 5.74) is 0.810. The van der Waals surface area contributed by atoms with Gasteiger partial charge < -0.3 is 10.0 Å². The summed E-state index contributed by atoms with van der Waals surface area (Å²) in [6, 6.07) is 6.24. The Bertz CT molecular complexity index is 509. The van der Waals surface area contributed by atoms with Crippen molar-refractivity contribution in [3.63, 3.8) is 0 Å². The van der Waals surface area contributed by atoms with Crippen molar-refractivity contribution in [3.05, 3.63) is 35.4 Å². The highest BCUT2D eigenvalue weighted by Crippen LogP contribution is 2.36. The summed E-state index contributed by atoms with van der Waals surface area (Å²) in [6.45, 7) is 1.73. The highest BCUT2D eigenvalue weighted by atomic mass is 16.4. The molecule has 1 aromatic carbocycles. The van der Waals surface area contributed by atoms with Gasteiger partial charge in [0.15, 0.2) is 0 Å². The number of aromatic carboxylic acids is 1. The standard InChI is InChI=1S/C16H19NO3/c18-15(11-5-7-12(8-6-11)16(19)20)17-9-13-3-1-2-4-14(13)10-17/h5-8,13-14H,1-4,9-10H2,(H,19,20)/t13-,14+. The average molecular weight is 273 g/mol. The number of benzene rings is 1. The van der Waals surface area contributed by atoms with Crippen LogP contribution in [0.3, 0.4) is 0 Å². The van der Waals surface area contributed by atoms with E-state index in [4.69, 9.17) is 5.11 Å². The molecule has 1 saturated carbocycles. The van der Waals surface area contributed by atoms with Crippen LogP contribution in [0, 0.1) is 11.8 Å².